The van der Waals surface area contributed by atoms with Crippen LogP contribution in [0.4, 0.5) is 0 Å². The quantitative estimate of drug-likeness (QED) is 0.875. The first kappa shape index (κ1) is 12.0. The van der Waals surface area contributed by atoms with E-state index in [1.165, 1.54) is 12.2 Å². The van der Waals surface area contributed by atoms with Crippen LogP contribution >= 0.6 is 11.8 Å². The van der Waals surface area contributed by atoms with E-state index in [9.17, 15) is 5.11 Å². The highest BCUT2D eigenvalue weighted by Gasteiger charge is 2.36. The summed E-state index contributed by atoms with van der Waals surface area (Å²) in [5.41, 5.74) is 0. The van der Waals surface area contributed by atoms with Crippen molar-refractivity contribution in [3.8, 4) is 0 Å². The molecule has 16 heavy (non-hydrogen) atoms. The Bertz CT molecular complexity index is 345. The zero-order valence-electron chi connectivity index (χ0n) is 10.0. The predicted octanol–water partition coefficient (Wildman–Crippen LogP) is 2.00. The summed E-state index contributed by atoms with van der Waals surface area (Å²) in [5.74, 6) is 2.25. The Morgan fingerprint density at radius 1 is 1.69 bits per heavy atom. The van der Waals surface area contributed by atoms with Crippen LogP contribution in [0.2, 0.25) is 0 Å². The number of nitrogens with zero attached hydrogens (tertiary/aromatic N) is 2. The Labute approximate surface area is 101 Å². The fourth-order valence-corrected chi connectivity index (χ4v) is 3.63. The summed E-state index contributed by atoms with van der Waals surface area (Å²) >= 11 is 1.92. The van der Waals surface area contributed by atoms with Crippen molar-refractivity contribution >= 4 is 11.8 Å². The van der Waals surface area contributed by atoms with Crippen molar-refractivity contribution in [2.45, 2.75) is 43.5 Å². The van der Waals surface area contributed by atoms with Crippen LogP contribution in [0, 0.1) is 0 Å². The molecule has 0 aliphatic carbocycles. The maximum atomic E-state index is 10.2. The average molecular weight is 240 g/mol. The second kappa shape index (κ2) is 4.80. The van der Waals surface area contributed by atoms with Gasteiger partial charge in [0.15, 0.2) is 0 Å². The van der Waals surface area contributed by atoms with Crippen molar-refractivity contribution in [3.05, 3.63) is 18.2 Å². The summed E-state index contributed by atoms with van der Waals surface area (Å²) in [4.78, 5) is 4.28. The molecule has 2 unspecified atom stereocenters. The Kier molecular flexibility index (Phi) is 3.60. The molecule has 2 atom stereocenters. The number of hydrogen-bond acceptors (Lipinski definition) is 3. The van der Waals surface area contributed by atoms with Crippen molar-refractivity contribution in [3.63, 3.8) is 0 Å². The zero-order valence-corrected chi connectivity index (χ0v) is 10.8. The van der Waals surface area contributed by atoms with Gasteiger partial charge in [-0.25, -0.2) is 4.98 Å². The minimum atomic E-state index is -0.211. The van der Waals surface area contributed by atoms with Crippen LogP contribution < -0.4 is 0 Å². The lowest BCUT2D eigenvalue weighted by molar-refractivity contribution is 0.123. The molecule has 0 saturated carbocycles. The smallest absolute Gasteiger partial charge is 0.108 e. The molecule has 2 heterocycles. The number of aliphatic hydroxyl groups is 1. The number of aryl methyl sites for hydroxylation is 2. The summed E-state index contributed by atoms with van der Waals surface area (Å²) in [6.07, 6.45) is 7.60. The maximum Gasteiger partial charge on any atom is 0.108 e. The molecular weight excluding hydrogens is 220 g/mol. The van der Waals surface area contributed by atoms with Gasteiger partial charge in [0.2, 0.25) is 0 Å². The van der Waals surface area contributed by atoms with Gasteiger partial charge in [0, 0.05) is 30.6 Å². The third-order valence-electron chi connectivity index (χ3n) is 3.52. The average Bonchev–Trinajstić information content (AvgIpc) is 2.85. The van der Waals surface area contributed by atoms with Gasteiger partial charge in [-0.3, -0.25) is 0 Å². The lowest BCUT2D eigenvalue weighted by Gasteiger charge is -2.29. The molecule has 2 rings (SSSR count). The zero-order chi connectivity index (χ0) is 11.6. The molecule has 1 saturated heterocycles. The molecule has 0 bridgehead atoms. The predicted molar refractivity (Wildman–Crippen MR) is 67.6 cm³/mol. The second-order valence-electron chi connectivity index (χ2n) is 4.77. The SMILES string of the molecule is Cn1ccnc1CCC(O)C1(C)CCCS1. The van der Waals surface area contributed by atoms with Gasteiger partial charge in [0.1, 0.15) is 5.82 Å². The van der Waals surface area contributed by atoms with Crippen LogP contribution in [0.25, 0.3) is 0 Å². The Morgan fingerprint density at radius 3 is 3.06 bits per heavy atom. The van der Waals surface area contributed by atoms with Gasteiger partial charge < -0.3 is 9.67 Å². The highest BCUT2D eigenvalue weighted by atomic mass is 32.2. The molecule has 90 valence electrons. The maximum absolute atomic E-state index is 10.2. The number of rotatable bonds is 4. The van der Waals surface area contributed by atoms with E-state index in [4.69, 9.17) is 0 Å². The molecule has 1 aliphatic rings. The molecule has 1 aromatic rings. The first-order valence-electron chi connectivity index (χ1n) is 5.90. The van der Waals surface area contributed by atoms with Crippen molar-refractivity contribution in [1.82, 2.24) is 9.55 Å². The van der Waals surface area contributed by atoms with Crippen LogP contribution in [0.15, 0.2) is 12.4 Å². The van der Waals surface area contributed by atoms with Crippen LogP contribution in [-0.4, -0.2) is 31.3 Å². The van der Waals surface area contributed by atoms with Gasteiger partial charge in [-0.1, -0.05) is 0 Å². The van der Waals surface area contributed by atoms with Crippen molar-refractivity contribution < 1.29 is 5.11 Å². The normalized spacial score (nSPS) is 27.2. The van der Waals surface area contributed by atoms with Crippen LogP contribution in [0.5, 0.6) is 0 Å². The lowest BCUT2D eigenvalue weighted by Crippen LogP contribution is -2.34. The highest BCUT2D eigenvalue weighted by molar-refractivity contribution is 8.00. The minimum absolute atomic E-state index is 0.0746. The summed E-state index contributed by atoms with van der Waals surface area (Å²) in [6, 6.07) is 0. The van der Waals surface area contributed by atoms with Crippen molar-refractivity contribution in [1.29, 1.82) is 0 Å². The first-order valence-corrected chi connectivity index (χ1v) is 6.88. The number of hydrogen-bond donors (Lipinski definition) is 1. The Hall–Kier alpha value is -0.480. The number of aromatic nitrogens is 2. The molecule has 0 radical (unpaired) electrons. The van der Waals surface area contributed by atoms with Crippen LogP contribution in [0.3, 0.4) is 0 Å². The van der Waals surface area contributed by atoms with Crippen molar-refractivity contribution in [2.75, 3.05) is 5.75 Å². The molecule has 3 nitrogen and oxygen atoms in total. The number of thioether (sulfide) groups is 1. The monoisotopic (exact) mass is 240 g/mol. The van der Waals surface area contributed by atoms with Gasteiger partial charge in [0.05, 0.1) is 6.10 Å². The van der Waals surface area contributed by atoms with E-state index in [-0.39, 0.29) is 10.9 Å². The van der Waals surface area contributed by atoms with Crippen LogP contribution in [0.1, 0.15) is 32.0 Å². The topological polar surface area (TPSA) is 38.0 Å². The summed E-state index contributed by atoms with van der Waals surface area (Å²) in [6.45, 7) is 2.19. The molecule has 1 aromatic heterocycles. The van der Waals surface area contributed by atoms with E-state index in [1.807, 2.05) is 35.8 Å². The van der Waals surface area contributed by atoms with E-state index in [2.05, 4.69) is 11.9 Å². The van der Waals surface area contributed by atoms with Gasteiger partial charge >= 0.3 is 0 Å². The minimum Gasteiger partial charge on any atom is -0.392 e. The van der Waals surface area contributed by atoms with Crippen molar-refractivity contribution in [2.24, 2.45) is 7.05 Å². The fourth-order valence-electron chi connectivity index (χ4n) is 2.27. The third kappa shape index (κ3) is 2.43. The highest BCUT2D eigenvalue weighted by Crippen LogP contribution is 2.41. The molecule has 1 aliphatic heterocycles. The van der Waals surface area contributed by atoms with Gasteiger partial charge in [-0.15, -0.1) is 0 Å². The standard InChI is InChI=1S/C12H20N2OS/c1-12(6-3-9-16-12)10(15)4-5-11-13-7-8-14(11)2/h7-8,10,15H,3-6,9H2,1-2H3. The number of aliphatic hydroxyl groups excluding tert-OH is 1. The van der Waals surface area contributed by atoms with E-state index < -0.39 is 0 Å². The molecule has 1 N–H and O–H groups in total. The molecule has 4 heteroatoms. The third-order valence-corrected chi connectivity index (χ3v) is 5.15. The molecule has 0 spiro atoms. The van der Waals surface area contributed by atoms with Gasteiger partial charge in [-0.2, -0.15) is 11.8 Å². The van der Waals surface area contributed by atoms with E-state index in [0.717, 1.165) is 25.1 Å². The van der Waals surface area contributed by atoms with E-state index in [1.54, 1.807) is 0 Å². The molecule has 1 fully saturated rings. The summed E-state index contributed by atoms with van der Waals surface area (Å²) < 4.78 is 2.10. The van der Waals surface area contributed by atoms with E-state index in [0.29, 0.717) is 0 Å². The van der Waals surface area contributed by atoms with Crippen LogP contribution in [-0.2, 0) is 13.5 Å². The van der Waals surface area contributed by atoms with Gasteiger partial charge in [-0.05, 0) is 31.9 Å². The molecule has 0 amide bonds. The Balaban J connectivity index is 1.88. The summed E-state index contributed by atoms with van der Waals surface area (Å²) in [5, 5.41) is 10.2. The first-order chi connectivity index (χ1) is 7.62. The largest absolute Gasteiger partial charge is 0.392 e. The lowest BCUT2D eigenvalue weighted by atomic mass is 9.95. The second-order valence-corrected chi connectivity index (χ2v) is 6.40. The van der Waals surface area contributed by atoms with E-state index >= 15 is 0 Å². The molecular formula is C12H20N2OS. The molecule has 0 aromatic carbocycles. The number of imidazole rings is 1. The fraction of sp³-hybridized carbons (Fsp3) is 0.750. The van der Waals surface area contributed by atoms with Gasteiger partial charge in [0.25, 0.3) is 0 Å². The Morgan fingerprint density at radius 2 is 2.50 bits per heavy atom. The summed E-state index contributed by atoms with van der Waals surface area (Å²) in [7, 11) is 2.00.